The Bertz CT molecular complexity index is 1180. The first kappa shape index (κ1) is 12.2. The number of aromatic nitrogens is 1. The molecule has 0 radical (unpaired) electrons. The van der Waals surface area contributed by atoms with Crippen LogP contribution >= 0.6 is 15.9 Å². The van der Waals surface area contributed by atoms with E-state index in [-0.39, 0.29) is 0 Å². The average Bonchev–Trinajstić information content (AvgIpc) is 2.95. The van der Waals surface area contributed by atoms with Crippen molar-refractivity contribution in [3.8, 4) is 0 Å². The van der Waals surface area contributed by atoms with Gasteiger partial charge >= 0.3 is 0 Å². The minimum Gasteiger partial charge on any atom is -0.354 e. The minimum atomic E-state index is 1.12. The smallest absolute Gasteiger partial charge is 0.0551 e. The molecular formula is C20H12BrN. The van der Waals surface area contributed by atoms with Crippen LogP contribution in [0.2, 0.25) is 0 Å². The molecule has 1 N–H and O–H groups in total. The molecule has 1 heterocycles. The number of halogens is 1. The molecule has 5 aromatic rings. The van der Waals surface area contributed by atoms with Crippen molar-refractivity contribution in [1.82, 2.24) is 4.98 Å². The lowest BCUT2D eigenvalue weighted by Gasteiger charge is -2.07. The van der Waals surface area contributed by atoms with Crippen LogP contribution in [0, 0.1) is 0 Å². The zero-order chi connectivity index (χ0) is 14.7. The number of H-pyrrole nitrogens is 1. The first-order valence-electron chi connectivity index (χ1n) is 7.33. The molecule has 0 saturated carbocycles. The van der Waals surface area contributed by atoms with E-state index in [0.29, 0.717) is 0 Å². The summed E-state index contributed by atoms with van der Waals surface area (Å²) >= 11 is 3.61. The maximum Gasteiger partial charge on any atom is 0.0551 e. The number of para-hydroxylation sites is 1. The van der Waals surface area contributed by atoms with Crippen molar-refractivity contribution in [3.05, 3.63) is 71.2 Å². The molecule has 4 aromatic carbocycles. The lowest BCUT2D eigenvalue weighted by Crippen LogP contribution is -1.81. The molecule has 1 aromatic heterocycles. The van der Waals surface area contributed by atoms with E-state index >= 15 is 0 Å². The van der Waals surface area contributed by atoms with E-state index in [0.717, 1.165) is 4.47 Å². The van der Waals surface area contributed by atoms with Crippen LogP contribution in [0.1, 0.15) is 0 Å². The van der Waals surface area contributed by atoms with E-state index in [4.69, 9.17) is 0 Å². The number of benzene rings is 4. The van der Waals surface area contributed by atoms with Gasteiger partial charge in [0.25, 0.3) is 0 Å². The fraction of sp³-hybridized carbons (Fsp3) is 0. The zero-order valence-electron chi connectivity index (χ0n) is 11.7. The van der Waals surface area contributed by atoms with Crippen LogP contribution in [-0.2, 0) is 0 Å². The van der Waals surface area contributed by atoms with Crippen LogP contribution in [-0.4, -0.2) is 4.98 Å². The quantitative estimate of drug-likeness (QED) is 0.313. The zero-order valence-corrected chi connectivity index (χ0v) is 13.3. The number of hydrogen-bond acceptors (Lipinski definition) is 0. The second-order valence-electron chi connectivity index (χ2n) is 5.66. The van der Waals surface area contributed by atoms with Gasteiger partial charge in [-0.15, -0.1) is 0 Å². The molecule has 22 heavy (non-hydrogen) atoms. The van der Waals surface area contributed by atoms with Crippen molar-refractivity contribution in [2.45, 2.75) is 0 Å². The Balaban J connectivity index is 2.23. The highest BCUT2D eigenvalue weighted by molar-refractivity contribution is 9.10. The van der Waals surface area contributed by atoms with Crippen molar-refractivity contribution in [2.75, 3.05) is 0 Å². The largest absolute Gasteiger partial charge is 0.354 e. The number of hydrogen-bond donors (Lipinski definition) is 1. The lowest BCUT2D eigenvalue weighted by atomic mass is 9.97. The van der Waals surface area contributed by atoms with Gasteiger partial charge in [-0.2, -0.15) is 0 Å². The highest BCUT2D eigenvalue weighted by atomic mass is 79.9. The first-order chi connectivity index (χ1) is 10.8. The Hall–Kier alpha value is -2.32. The van der Waals surface area contributed by atoms with Crippen LogP contribution in [0.25, 0.3) is 43.4 Å². The second-order valence-corrected chi connectivity index (χ2v) is 6.57. The van der Waals surface area contributed by atoms with Gasteiger partial charge in [0.05, 0.1) is 5.52 Å². The predicted molar refractivity (Wildman–Crippen MR) is 98.5 cm³/mol. The molecule has 0 fully saturated rings. The summed E-state index contributed by atoms with van der Waals surface area (Å²) in [4.78, 5) is 3.62. The van der Waals surface area contributed by atoms with Crippen LogP contribution in [0.4, 0.5) is 0 Å². The van der Waals surface area contributed by atoms with Crippen molar-refractivity contribution in [3.63, 3.8) is 0 Å². The Kier molecular flexibility index (Phi) is 2.42. The number of fused-ring (bicyclic) bond motifs is 8. The molecule has 0 aliphatic rings. The fourth-order valence-electron chi connectivity index (χ4n) is 3.52. The third-order valence-electron chi connectivity index (χ3n) is 4.44. The maximum absolute atomic E-state index is 3.62. The molecule has 1 nitrogen and oxygen atoms in total. The fourth-order valence-corrected chi connectivity index (χ4v) is 3.88. The molecule has 0 bridgehead atoms. The summed E-state index contributed by atoms with van der Waals surface area (Å²) in [7, 11) is 0. The van der Waals surface area contributed by atoms with Gasteiger partial charge in [-0.25, -0.2) is 0 Å². The third-order valence-corrected chi connectivity index (χ3v) is 4.94. The molecule has 0 aliphatic heterocycles. The lowest BCUT2D eigenvalue weighted by molar-refractivity contribution is 1.56. The van der Waals surface area contributed by atoms with E-state index in [2.05, 4.69) is 87.6 Å². The highest BCUT2D eigenvalue weighted by Crippen LogP contribution is 2.39. The van der Waals surface area contributed by atoms with Crippen LogP contribution in [0.15, 0.2) is 71.2 Å². The Labute approximate surface area is 135 Å². The summed E-state index contributed by atoms with van der Waals surface area (Å²) in [6.45, 7) is 0. The average molecular weight is 346 g/mol. The Morgan fingerprint density at radius 3 is 2.23 bits per heavy atom. The van der Waals surface area contributed by atoms with Crippen molar-refractivity contribution in [2.24, 2.45) is 0 Å². The molecule has 2 heteroatoms. The molecular weight excluding hydrogens is 334 g/mol. The van der Waals surface area contributed by atoms with E-state index in [1.54, 1.807) is 0 Å². The number of rotatable bonds is 0. The van der Waals surface area contributed by atoms with Gasteiger partial charge < -0.3 is 4.98 Å². The van der Waals surface area contributed by atoms with Gasteiger partial charge in [0.1, 0.15) is 0 Å². The summed E-state index contributed by atoms with van der Waals surface area (Å²) < 4.78 is 1.12. The molecule has 0 unspecified atom stereocenters. The van der Waals surface area contributed by atoms with E-state index in [9.17, 15) is 0 Å². The van der Waals surface area contributed by atoms with Crippen molar-refractivity contribution >= 4 is 59.3 Å². The molecule has 0 atom stereocenters. The van der Waals surface area contributed by atoms with Gasteiger partial charge in [0.2, 0.25) is 0 Å². The van der Waals surface area contributed by atoms with Crippen LogP contribution < -0.4 is 0 Å². The summed E-state index contributed by atoms with van der Waals surface area (Å²) in [6.07, 6.45) is 0. The van der Waals surface area contributed by atoms with Crippen molar-refractivity contribution in [1.29, 1.82) is 0 Å². The number of aromatic amines is 1. The summed E-state index contributed by atoms with van der Waals surface area (Å²) in [5.74, 6) is 0. The molecule has 104 valence electrons. The maximum atomic E-state index is 3.62. The van der Waals surface area contributed by atoms with Crippen LogP contribution in [0.5, 0.6) is 0 Å². The Morgan fingerprint density at radius 2 is 1.36 bits per heavy atom. The first-order valence-corrected chi connectivity index (χ1v) is 8.12. The molecule has 0 spiro atoms. The summed E-state index contributed by atoms with van der Waals surface area (Å²) in [5, 5.41) is 7.76. The van der Waals surface area contributed by atoms with E-state index < -0.39 is 0 Å². The monoisotopic (exact) mass is 345 g/mol. The highest BCUT2D eigenvalue weighted by Gasteiger charge is 2.13. The predicted octanol–water partition coefficient (Wildman–Crippen LogP) is 6.39. The van der Waals surface area contributed by atoms with E-state index in [1.165, 1.54) is 43.4 Å². The minimum absolute atomic E-state index is 1.12. The molecule has 0 saturated heterocycles. The van der Waals surface area contributed by atoms with Crippen molar-refractivity contribution < 1.29 is 0 Å². The second kappa shape index (κ2) is 4.34. The molecule has 0 aliphatic carbocycles. The number of nitrogens with one attached hydrogen (secondary N) is 1. The summed E-state index contributed by atoms with van der Waals surface area (Å²) in [6, 6.07) is 23.7. The standard InChI is InChI=1S/C20H12BrN/c21-12-9-10-14-17(11-12)13-5-1-2-6-15(13)20-19(14)16-7-3-4-8-18(16)22-20/h1-11,22H. The normalized spacial score (nSPS) is 11.9. The molecule has 5 rings (SSSR count). The topological polar surface area (TPSA) is 15.8 Å². The van der Waals surface area contributed by atoms with Gasteiger partial charge in [-0.3, -0.25) is 0 Å². The third kappa shape index (κ3) is 1.53. The van der Waals surface area contributed by atoms with E-state index in [1.807, 2.05) is 0 Å². The van der Waals surface area contributed by atoms with Gasteiger partial charge in [-0.05, 0) is 34.4 Å². The summed E-state index contributed by atoms with van der Waals surface area (Å²) in [5.41, 5.74) is 2.42. The van der Waals surface area contributed by atoms with Crippen LogP contribution in [0.3, 0.4) is 0 Å². The van der Waals surface area contributed by atoms with Gasteiger partial charge in [-0.1, -0.05) is 64.5 Å². The Morgan fingerprint density at radius 1 is 0.636 bits per heavy atom. The van der Waals surface area contributed by atoms with Gasteiger partial charge in [0.15, 0.2) is 0 Å². The molecule has 0 amide bonds. The van der Waals surface area contributed by atoms with Gasteiger partial charge in [0, 0.05) is 26.1 Å². The SMILES string of the molecule is Brc1ccc2c(c1)c1ccccc1c1[nH]c3ccccc3c21.